The third kappa shape index (κ3) is 8.16. The van der Waals surface area contributed by atoms with E-state index < -0.39 is 0 Å². The van der Waals surface area contributed by atoms with Crippen LogP contribution < -0.4 is 20.1 Å². The average Bonchev–Trinajstić information content (AvgIpc) is 2.73. The van der Waals surface area contributed by atoms with Gasteiger partial charge in [-0.1, -0.05) is 60.8 Å². The second kappa shape index (κ2) is 13.0. The molecule has 0 fully saturated rings. The van der Waals surface area contributed by atoms with E-state index in [4.69, 9.17) is 21.7 Å². The van der Waals surface area contributed by atoms with E-state index >= 15 is 0 Å². The number of carbonyl (C=O) groups is 1. The van der Waals surface area contributed by atoms with Crippen LogP contribution in [0.25, 0.3) is 0 Å². The number of benzene rings is 2. The molecule has 2 N–H and O–H groups in total. The van der Waals surface area contributed by atoms with Crippen molar-refractivity contribution in [1.82, 2.24) is 5.32 Å². The largest absolute Gasteiger partial charge is 0.493 e. The molecule has 0 aliphatic heterocycles. The molecule has 7 heteroatoms. The van der Waals surface area contributed by atoms with Crippen LogP contribution in [-0.4, -0.2) is 24.2 Å². The molecule has 5 nitrogen and oxygen atoms in total. The molecule has 0 saturated heterocycles. The lowest BCUT2D eigenvalue weighted by Crippen LogP contribution is -2.34. The van der Waals surface area contributed by atoms with Gasteiger partial charge >= 0.3 is 0 Å². The summed E-state index contributed by atoms with van der Waals surface area (Å²) in [5, 5.41) is 5.90. The van der Waals surface area contributed by atoms with E-state index in [1.807, 2.05) is 24.3 Å². The maximum Gasteiger partial charge on any atom is 0.261 e. The zero-order chi connectivity index (χ0) is 21.8. The van der Waals surface area contributed by atoms with Crippen molar-refractivity contribution in [2.75, 3.05) is 18.5 Å². The first-order valence-electron chi connectivity index (χ1n) is 9.92. The van der Waals surface area contributed by atoms with E-state index in [0.717, 1.165) is 17.3 Å². The quantitative estimate of drug-likeness (QED) is 0.226. The van der Waals surface area contributed by atoms with Crippen LogP contribution in [0, 0.1) is 0 Å². The molecule has 0 heterocycles. The van der Waals surface area contributed by atoms with Crippen LogP contribution in [0.1, 0.15) is 43.0 Å². The molecule has 0 aromatic heterocycles. The fourth-order valence-corrected chi connectivity index (χ4v) is 3.24. The van der Waals surface area contributed by atoms with Gasteiger partial charge in [0, 0.05) is 16.2 Å². The molecule has 0 radical (unpaired) electrons. The number of amides is 1. The molecule has 2 rings (SSSR count). The Morgan fingerprint density at radius 2 is 2.00 bits per heavy atom. The zero-order valence-electron chi connectivity index (χ0n) is 17.1. The fraction of sp³-hybridized carbons (Fsp3) is 0.304. The second-order valence-corrected chi connectivity index (χ2v) is 7.91. The molecule has 0 spiro atoms. The van der Waals surface area contributed by atoms with E-state index in [1.54, 1.807) is 24.3 Å². The van der Waals surface area contributed by atoms with Crippen LogP contribution in [0.2, 0.25) is 0 Å². The predicted molar refractivity (Wildman–Crippen MR) is 130 cm³/mol. The lowest BCUT2D eigenvalue weighted by atomic mass is 10.2. The summed E-state index contributed by atoms with van der Waals surface area (Å²) in [5.41, 5.74) is 1.13. The summed E-state index contributed by atoms with van der Waals surface area (Å²) in [6.07, 6.45) is 6.08. The van der Waals surface area contributed by atoms with Gasteiger partial charge in [-0.05, 0) is 49.0 Å². The number of rotatable bonds is 11. The van der Waals surface area contributed by atoms with Gasteiger partial charge in [-0.25, -0.2) is 0 Å². The van der Waals surface area contributed by atoms with E-state index in [0.29, 0.717) is 36.0 Å². The number of halogens is 1. The number of nitrogens with one attached hydrogen (secondary N) is 2. The van der Waals surface area contributed by atoms with Crippen LogP contribution in [0.5, 0.6) is 11.5 Å². The Morgan fingerprint density at radius 1 is 1.17 bits per heavy atom. The monoisotopic (exact) mass is 490 g/mol. The van der Waals surface area contributed by atoms with Crippen molar-refractivity contribution in [3.63, 3.8) is 0 Å². The van der Waals surface area contributed by atoms with Crippen molar-refractivity contribution in [2.45, 2.75) is 32.6 Å². The van der Waals surface area contributed by atoms with Crippen LogP contribution >= 0.6 is 28.1 Å². The van der Waals surface area contributed by atoms with Crippen molar-refractivity contribution < 1.29 is 14.3 Å². The molecule has 0 bridgehead atoms. The van der Waals surface area contributed by atoms with Crippen molar-refractivity contribution in [3.8, 4) is 11.5 Å². The van der Waals surface area contributed by atoms with Crippen molar-refractivity contribution in [2.24, 2.45) is 0 Å². The highest BCUT2D eigenvalue weighted by molar-refractivity contribution is 9.10. The summed E-state index contributed by atoms with van der Waals surface area (Å²) in [6, 6.07) is 12.7. The highest BCUT2D eigenvalue weighted by atomic mass is 79.9. The predicted octanol–water partition coefficient (Wildman–Crippen LogP) is 6.10. The number of unbranched alkanes of at least 4 members (excludes halogenated alkanes) is 3. The van der Waals surface area contributed by atoms with Gasteiger partial charge < -0.3 is 14.8 Å². The minimum absolute atomic E-state index is 0.190. The first kappa shape index (κ1) is 23.9. The third-order valence-electron chi connectivity index (χ3n) is 4.13. The van der Waals surface area contributed by atoms with E-state index in [9.17, 15) is 4.79 Å². The molecule has 0 unspecified atom stereocenters. The summed E-state index contributed by atoms with van der Waals surface area (Å²) in [7, 11) is 0. The van der Waals surface area contributed by atoms with Crippen molar-refractivity contribution in [3.05, 3.63) is 65.2 Å². The van der Waals surface area contributed by atoms with E-state index in [-0.39, 0.29) is 11.0 Å². The Balaban J connectivity index is 1.98. The van der Waals surface area contributed by atoms with Crippen molar-refractivity contribution in [1.29, 1.82) is 0 Å². The van der Waals surface area contributed by atoms with Gasteiger partial charge in [-0.2, -0.15) is 0 Å². The van der Waals surface area contributed by atoms with Gasteiger partial charge in [-0.3, -0.25) is 10.1 Å². The summed E-state index contributed by atoms with van der Waals surface area (Å²) in [6.45, 7) is 6.78. The molecule has 0 atom stereocenters. The maximum atomic E-state index is 12.8. The minimum Gasteiger partial charge on any atom is -0.493 e. The molecule has 1 amide bonds. The lowest BCUT2D eigenvalue weighted by molar-refractivity contribution is 0.0973. The highest BCUT2D eigenvalue weighted by Gasteiger charge is 2.15. The van der Waals surface area contributed by atoms with Gasteiger partial charge in [0.25, 0.3) is 5.91 Å². The number of carbonyl (C=O) groups excluding carboxylic acids is 1. The number of anilines is 1. The Labute approximate surface area is 192 Å². The molecule has 0 saturated carbocycles. The lowest BCUT2D eigenvalue weighted by Gasteiger charge is -2.14. The van der Waals surface area contributed by atoms with Gasteiger partial charge in [0.1, 0.15) is 18.1 Å². The minimum atomic E-state index is -0.337. The summed E-state index contributed by atoms with van der Waals surface area (Å²) in [4.78, 5) is 12.8. The molecule has 0 aliphatic rings. The van der Waals surface area contributed by atoms with Crippen molar-refractivity contribution >= 4 is 44.9 Å². The first-order chi connectivity index (χ1) is 14.5. The van der Waals surface area contributed by atoms with Gasteiger partial charge in [0.15, 0.2) is 5.11 Å². The topological polar surface area (TPSA) is 59.6 Å². The van der Waals surface area contributed by atoms with E-state index in [1.165, 1.54) is 12.8 Å². The maximum absolute atomic E-state index is 12.8. The summed E-state index contributed by atoms with van der Waals surface area (Å²) in [5.74, 6) is 0.881. The Bertz CT molecular complexity index is 873. The Morgan fingerprint density at radius 3 is 2.77 bits per heavy atom. The molecule has 30 heavy (non-hydrogen) atoms. The standard InChI is InChI=1S/C23H27BrN2O3S/c1-3-5-6-7-14-29-21-12-11-17(24)15-20(21)22(27)26-23(30)25-18-9-8-10-19(16-18)28-13-4-2/h4,8-12,15-16H,2-3,5-7,13-14H2,1H3,(H2,25,26,27,30). The summed E-state index contributed by atoms with van der Waals surface area (Å²) >= 11 is 8.71. The van der Waals surface area contributed by atoms with Gasteiger partial charge in [-0.15, -0.1) is 0 Å². The molecular weight excluding hydrogens is 464 g/mol. The summed E-state index contributed by atoms with van der Waals surface area (Å²) < 4.78 is 12.1. The van der Waals surface area contributed by atoms with Gasteiger partial charge in [0.2, 0.25) is 0 Å². The normalized spacial score (nSPS) is 10.2. The second-order valence-electron chi connectivity index (χ2n) is 6.59. The van der Waals surface area contributed by atoms with Crippen LogP contribution in [0.4, 0.5) is 5.69 Å². The number of ether oxygens (including phenoxy) is 2. The molecular formula is C23H27BrN2O3S. The first-order valence-corrected chi connectivity index (χ1v) is 11.1. The highest BCUT2D eigenvalue weighted by Crippen LogP contribution is 2.24. The number of hydrogen-bond donors (Lipinski definition) is 2. The van der Waals surface area contributed by atoms with Crippen LogP contribution in [-0.2, 0) is 0 Å². The molecule has 2 aromatic carbocycles. The van der Waals surface area contributed by atoms with Crippen LogP contribution in [0.15, 0.2) is 59.6 Å². The third-order valence-corrected chi connectivity index (χ3v) is 4.83. The number of thiocarbonyl (C=S) groups is 1. The smallest absolute Gasteiger partial charge is 0.261 e. The number of hydrogen-bond acceptors (Lipinski definition) is 4. The SMILES string of the molecule is C=CCOc1cccc(NC(=S)NC(=O)c2cc(Br)ccc2OCCCCCC)c1. The fourth-order valence-electron chi connectivity index (χ4n) is 2.67. The van der Waals surface area contributed by atoms with E-state index in [2.05, 4.69) is 40.1 Å². The zero-order valence-corrected chi connectivity index (χ0v) is 19.5. The Kier molecular flexibility index (Phi) is 10.4. The van der Waals surface area contributed by atoms with Gasteiger partial charge in [0.05, 0.1) is 12.2 Å². The van der Waals surface area contributed by atoms with Crippen LogP contribution in [0.3, 0.4) is 0 Å². The molecule has 160 valence electrons. The average molecular weight is 491 g/mol. The molecule has 2 aromatic rings. The molecule has 0 aliphatic carbocycles. The Hall–Kier alpha value is -2.38.